The lowest BCUT2D eigenvalue weighted by Gasteiger charge is -2.09. The van der Waals surface area contributed by atoms with Crippen LogP contribution in [0, 0.1) is 0 Å². The van der Waals surface area contributed by atoms with E-state index in [2.05, 4.69) is 15.5 Å². The first-order valence-electron chi connectivity index (χ1n) is 6.46. The molecule has 0 aromatic carbocycles. The lowest BCUT2D eigenvalue weighted by atomic mass is 10.3. The Kier molecular flexibility index (Phi) is 3.85. The van der Waals surface area contributed by atoms with Gasteiger partial charge in [0.2, 0.25) is 5.91 Å². The van der Waals surface area contributed by atoms with E-state index in [0.29, 0.717) is 11.6 Å². The highest BCUT2D eigenvalue weighted by Gasteiger charge is 2.28. The second-order valence-corrected chi connectivity index (χ2v) is 8.04. The molecule has 1 N–H and O–H groups in total. The van der Waals surface area contributed by atoms with Gasteiger partial charge in [0.25, 0.3) is 0 Å². The van der Waals surface area contributed by atoms with Crippen LogP contribution in [0.25, 0.3) is 5.65 Å². The number of nitrogens with one attached hydrogen (secondary N) is 1. The first-order chi connectivity index (χ1) is 10.0. The predicted molar refractivity (Wildman–Crippen MR) is 78.9 cm³/mol. The van der Waals surface area contributed by atoms with E-state index in [9.17, 15) is 13.2 Å². The van der Waals surface area contributed by atoms with Crippen LogP contribution in [-0.4, -0.2) is 52.2 Å². The summed E-state index contributed by atoms with van der Waals surface area (Å²) in [6, 6.07) is 5.30. The SMILES string of the molecule is O=C(CSc1nnc2ccccn12)N[C@@H]1CCS(=O)(=O)C1. The number of hydrogen-bond acceptors (Lipinski definition) is 6. The van der Waals surface area contributed by atoms with Crippen LogP contribution in [0.5, 0.6) is 0 Å². The molecule has 3 rings (SSSR count). The van der Waals surface area contributed by atoms with Gasteiger partial charge in [0, 0.05) is 12.2 Å². The van der Waals surface area contributed by atoms with Gasteiger partial charge in [0.1, 0.15) is 0 Å². The molecule has 0 radical (unpaired) electrons. The molecular weight excluding hydrogens is 312 g/mol. The molecular formula is C12H14N4O3S2. The Labute approximate surface area is 126 Å². The van der Waals surface area contributed by atoms with Crippen molar-refractivity contribution in [2.45, 2.75) is 17.6 Å². The summed E-state index contributed by atoms with van der Waals surface area (Å²) in [5, 5.41) is 11.4. The molecule has 0 bridgehead atoms. The van der Waals surface area contributed by atoms with Crippen LogP contribution in [0.3, 0.4) is 0 Å². The zero-order valence-electron chi connectivity index (χ0n) is 11.1. The van der Waals surface area contributed by atoms with Crippen molar-refractivity contribution in [1.29, 1.82) is 0 Å². The summed E-state index contributed by atoms with van der Waals surface area (Å²) in [6.07, 6.45) is 2.33. The molecule has 1 aliphatic rings. The maximum Gasteiger partial charge on any atom is 0.230 e. The smallest absolute Gasteiger partial charge is 0.230 e. The summed E-state index contributed by atoms with van der Waals surface area (Å²) < 4.78 is 24.5. The number of rotatable bonds is 4. The number of amides is 1. The van der Waals surface area contributed by atoms with E-state index < -0.39 is 9.84 Å². The molecule has 0 unspecified atom stereocenters. The van der Waals surface area contributed by atoms with Crippen molar-refractivity contribution >= 4 is 33.2 Å². The van der Waals surface area contributed by atoms with Gasteiger partial charge in [-0.15, -0.1) is 10.2 Å². The van der Waals surface area contributed by atoms with Crippen LogP contribution < -0.4 is 5.32 Å². The number of fused-ring (bicyclic) bond motifs is 1. The standard InChI is InChI=1S/C12H14N4O3S2/c17-11(13-9-4-6-21(18,19)8-9)7-20-12-15-14-10-3-1-2-5-16(10)12/h1-3,5,9H,4,6-8H2,(H,13,17)/t9-/m1/s1. The normalized spacial score (nSPS) is 20.7. The van der Waals surface area contributed by atoms with Crippen LogP contribution in [0.2, 0.25) is 0 Å². The molecule has 21 heavy (non-hydrogen) atoms. The average Bonchev–Trinajstić information content (AvgIpc) is 3.00. The monoisotopic (exact) mass is 326 g/mol. The van der Waals surface area contributed by atoms with Crippen LogP contribution in [0.1, 0.15) is 6.42 Å². The third-order valence-electron chi connectivity index (χ3n) is 3.21. The molecule has 1 atom stereocenters. The van der Waals surface area contributed by atoms with Gasteiger partial charge in [-0.2, -0.15) is 0 Å². The van der Waals surface area contributed by atoms with E-state index in [-0.39, 0.29) is 29.2 Å². The van der Waals surface area contributed by atoms with Crippen molar-refractivity contribution in [3.8, 4) is 0 Å². The third-order valence-corrected chi connectivity index (χ3v) is 5.92. The Balaban J connectivity index is 1.57. The van der Waals surface area contributed by atoms with E-state index >= 15 is 0 Å². The fourth-order valence-corrected chi connectivity index (χ4v) is 4.64. The van der Waals surface area contributed by atoms with E-state index in [4.69, 9.17) is 0 Å². The number of aromatic nitrogens is 3. The molecule has 2 aromatic heterocycles. The summed E-state index contributed by atoms with van der Waals surface area (Å²) in [4.78, 5) is 11.9. The Morgan fingerprint density at radius 1 is 1.43 bits per heavy atom. The van der Waals surface area contributed by atoms with Crippen molar-refractivity contribution in [2.24, 2.45) is 0 Å². The molecule has 9 heteroatoms. The maximum absolute atomic E-state index is 11.9. The number of thioether (sulfide) groups is 1. The molecule has 3 heterocycles. The van der Waals surface area contributed by atoms with Crippen molar-refractivity contribution in [2.75, 3.05) is 17.3 Å². The summed E-state index contributed by atoms with van der Waals surface area (Å²) in [5.41, 5.74) is 0.724. The van der Waals surface area contributed by atoms with E-state index in [1.807, 2.05) is 24.4 Å². The Hall–Kier alpha value is -1.61. The second kappa shape index (κ2) is 5.64. The van der Waals surface area contributed by atoms with Crippen molar-refractivity contribution in [3.63, 3.8) is 0 Å². The molecule has 1 fully saturated rings. The summed E-state index contributed by atoms with van der Waals surface area (Å²) in [6.45, 7) is 0. The molecule has 0 spiro atoms. The minimum atomic E-state index is -2.98. The van der Waals surface area contributed by atoms with Gasteiger partial charge in [0.15, 0.2) is 20.6 Å². The fourth-order valence-electron chi connectivity index (χ4n) is 2.23. The maximum atomic E-state index is 11.9. The van der Waals surface area contributed by atoms with Gasteiger partial charge < -0.3 is 5.32 Å². The first-order valence-corrected chi connectivity index (χ1v) is 9.26. The number of nitrogens with zero attached hydrogens (tertiary/aromatic N) is 3. The topological polar surface area (TPSA) is 93.4 Å². The van der Waals surface area contributed by atoms with Crippen molar-refractivity contribution in [1.82, 2.24) is 19.9 Å². The van der Waals surface area contributed by atoms with Gasteiger partial charge in [-0.3, -0.25) is 9.20 Å². The summed E-state index contributed by atoms with van der Waals surface area (Å²) >= 11 is 1.28. The van der Waals surface area contributed by atoms with Gasteiger partial charge >= 0.3 is 0 Å². The molecule has 7 nitrogen and oxygen atoms in total. The van der Waals surface area contributed by atoms with Gasteiger partial charge in [-0.25, -0.2) is 8.42 Å². The zero-order chi connectivity index (χ0) is 14.9. The van der Waals surface area contributed by atoms with Crippen LogP contribution in [0.15, 0.2) is 29.6 Å². The molecule has 2 aromatic rings. The van der Waals surface area contributed by atoms with E-state index in [0.717, 1.165) is 5.65 Å². The minimum absolute atomic E-state index is 0.0390. The minimum Gasteiger partial charge on any atom is -0.352 e. The second-order valence-electron chi connectivity index (χ2n) is 4.87. The number of sulfone groups is 1. The third kappa shape index (κ3) is 3.35. The molecule has 0 aliphatic carbocycles. The van der Waals surface area contributed by atoms with Crippen LogP contribution in [-0.2, 0) is 14.6 Å². The average molecular weight is 326 g/mol. The van der Waals surface area contributed by atoms with Crippen LogP contribution >= 0.6 is 11.8 Å². The van der Waals surface area contributed by atoms with E-state index in [1.165, 1.54) is 11.8 Å². The highest BCUT2D eigenvalue weighted by atomic mass is 32.2. The van der Waals surface area contributed by atoms with Crippen LogP contribution in [0.4, 0.5) is 0 Å². The highest BCUT2D eigenvalue weighted by Crippen LogP contribution is 2.17. The van der Waals surface area contributed by atoms with Gasteiger partial charge in [-0.05, 0) is 18.6 Å². The highest BCUT2D eigenvalue weighted by molar-refractivity contribution is 7.99. The van der Waals surface area contributed by atoms with Crippen molar-refractivity contribution < 1.29 is 13.2 Å². The lowest BCUT2D eigenvalue weighted by Crippen LogP contribution is -2.36. The van der Waals surface area contributed by atoms with Crippen molar-refractivity contribution in [3.05, 3.63) is 24.4 Å². The molecule has 1 aliphatic heterocycles. The van der Waals surface area contributed by atoms with E-state index in [1.54, 1.807) is 4.40 Å². The lowest BCUT2D eigenvalue weighted by molar-refractivity contribution is -0.119. The first kappa shape index (κ1) is 14.3. The summed E-state index contributed by atoms with van der Waals surface area (Å²) in [5.74, 6) is 0.193. The molecule has 0 saturated carbocycles. The van der Waals surface area contributed by atoms with Gasteiger partial charge in [0.05, 0.1) is 17.3 Å². The molecule has 1 saturated heterocycles. The number of hydrogen-bond donors (Lipinski definition) is 1. The number of pyridine rings is 1. The zero-order valence-corrected chi connectivity index (χ0v) is 12.7. The Morgan fingerprint density at radius 2 is 2.29 bits per heavy atom. The van der Waals surface area contributed by atoms with Gasteiger partial charge in [-0.1, -0.05) is 17.8 Å². The Bertz CT molecular complexity index is 772. The summed E-state index contributed by atoms with van der Waals surface area (Å²) in [7, 11) is -2.98. The quantitative estimate of drug-likeness (QED) is 0.803. The molecule has 1 amide bonds. The number of carbonyl (C=O) groups is 1. The molecule has 112 valence electrons. The number of carbonyl (C=O) groups excluding carboxylic acids is 1. The fraction of sp³-hybridized carbons (Fsp3) is 0.417. The largest absolute Gasteiger partial charge is 0.352 e. The predicted octanol–water partition coefficient (Wildman–Crippen LogP) is 0.125. The Morgan fingerprint density at radius 3 is 3.05 bits per heavy atom.